The number of ether oxygens (including phenoxy) is 1. The minimum absolute atomic E-state index is 0.155. The maximum absolute atomic E-state index is 12.3. The molecule has 24 heavy (non-hydrogen) atoms. The van der Waals surface area contributed by atoms with Crippen molar-refractivity contribution in [3.05, 3.63) is 16.5 Å². The van der Waals surface area contributed by atoms with Crippen LogP contribution in [0.1, 0.15) is 45.4 Å². The summed E-state index contributed by atoms with van der Waals surface area (Å²) in [5, 5.41) is 0.312. The van der Waals surface area contributed by atoms with Crippen molar-refractivity contribution < 1.29 is 9.53 Å². The quantitative estimate of drug-likeness (QED) is 0.727. The third-order valence-corrected chi connectivity index (χ3v) is 4.60. The van der Waals surface area contributed by atoms with E-state index in [1.54, 1.807) is 4.90 Å². The Labute approximate surface area is 148 Å². The zero-order chi connectivity index (χ0) is 17.5. The van der Waals surface area contributed by atoms with Crippen LogP contribution in [0.15, 0.2) is 0 Å². The third kappa shape index (κ3) is 3.58. The van der Waals surface area contributed by atoms with Crippen molar-refractivity contribution in [2.24, 2.45) is 0 Å². The number of rotatable bonds is 1. The molecule has 3 rings (SSSR count). The van der Waals surface area contributed by atoms with Gasteiger partial charge in [-0.25, -0.2) is 14.8 Å². The molecule has 1 aromatic rings. The van der Waals surface area contributed by atoms with Crippen LogP contribution in [0, 0.1) is 0 Å². The van der Waals surface area contributed by atoms with Gasteiger partial charge in [0.25, 0.3) is 0 Å². The number of hydrogen-bond acceptors (Lipinski definition) is 5. The molecule has 1 aliphatic carbocycles. The zero-order valence-corrected chi connectivity index (χ0v) is 15.6. The van der Waals surface area contributed by atoms with Crippen molar-refractivity contribution in [1.29, 1.82) is 0 Å². The maximum Gasteiger partial charge on any atom is 0.410 e. The highest BCUT2D eigenvalue weighted by atomic mass is 35.5. The van der Waals surface area contributed by atoms with Crippen molar-refractivity contribution in [2.45, 2.75) is 58.6 Å². The molecular formula is C17H25ClN4O2. The maximum atomic E-state index is 12.3. The van der Waals surface area contributed by atoms with Crippen LogP contribution >= 0.6 is 11.6 Å². The molecule has 6 nitrogen and oxygen atoms in total. The molecule has 2 aliphatic rings. The first kappa shape index (κ1) is 17.3. The number of aryl methyl sites for hydroxylation is 1. The number of piperazine rings is 1. The number of hydrogen-bond donors (Lipinski definition) is 0. The highest BCUT2D eigenvalue weighted by Crippen LogP contribution is 2.32. The second kappa shape index (κ2) is 6.39. The molecule has 1 saturated heterocycles. The molecule has 0 radical (unpaired) electrons. The van der Waals surface area contributed by atoms with E-state index in [-0.39, 0.29) is 12.1 Å². The molecule has 0 bridgehead atoms. The van der Waals surface area contributed by atoms with Gasteiger partial charge in [-0.15, -0.1) is 0 Å². The standard InChI is InChI=1S/C17H25ClN4O2/c1-11-10-21(16(23)24-17(2,3)4)8-9-22(11)14-12-6-5-7-13(12)19-15(18)20-14/h11H,5-10H2,1-4H3/t11-/m0/s1. The van der Waals surface area contributed by atoms with Gasteiger partial charge in [-0.05, 0) is 58.6 Å². The van der Waals surface area contributed by atoms with Crippen LogP contribution in [0.25, 0.3) is 0 Å². The van der Waals surface area contributed by atoms with E-state index in [0.29, 0.717) is 18.4 Å². The molecule has 0 unspecified atom stereocenters. The van der Waals surface area contributed by atoms with Crippen LogP contribution in [0.4, 0.5) is 10.6 Å². The summed E-state index contributed by atoms with van der Waals surface area (Å²) in [6.45, 7) is 9.72. The number of halogens is 1. The molecule has 1 aromatic heterocycles. The lowest BCUT2D eigenvalue weighted by molar-refractivity contribution is 0.0218. The van der Waals surface area contributed by atoms with Crippen LogP contribution in [0.3, 0.4) is 0 Å². The van der Waals surface area contributed by atoms with Crippen molar-refractivity contribution in [3.63, 3.8) is 0 Å². The second-order valence-electron chi connectivity index (χ2n) is 7.56. The van der Waals surface area contributed by atoms with Crippen LogP contribution < -0.4 is 4.90 Å². The molecule has 0 N–H and O–H groups in total. The summed E-state index contributed by atoms with van der Waals surface area (Å²) < 4.78 is 5.48. The third-order valence-electron chi connectivity index (χ3n) is 4.44. The summed E-state index contributed by atoms with van der Waals surface area (Å²) in [5.41, 5.74) is 1.82. The molecule has 1 fully saturated rings. The van der Waals surface area contributed by atoms with Gasteiger partial charge in [0.05, 0.1) is 5.69 Å². The fourth-order valence-electron chi connectivity index (χ4n) is 3.39. The lowest BCUT2D eigenvalue weighted by atomic mass is 10.1. The van der Waals surface area contributed by atoms with Crippen molar-refractivity contribution >= 4 is 23.5 Å². The average molecular weight is 353 g/mol. The summed E-state index contributed by atoms with van der Waals surface area (Å²) in [6, 6.07) is 0.155. The molecule has 1 aliphatic heterocycles. The second-order valence-corrected chi connectivity index (χ2v) is 7.90. The molecular weight excluding hydrogens is 328 g/mol. The van der Waals surface area contributed by atoms with E-state index in [9.17, 15) is 4.79 Å². The van der Waals surface area contributed by atoms with E-state index < -0.39 is 5.60 Å². The topological polar surface area (TPSA) is 58.6 Å². The Balaban J connectivity index is 1.74. The predicted octanol–water partition coefficient (Wildman–Crippen LogP) is 3.06. The van der Waals surface area contributed by atoms with Gasteiger partial charge in [0.1, 0.15) is 11.4 Å². The molecule has 7 heteroatoms. The Kier molecular flexibility index (Phi) is 4.60. The Hall–Kier alpha value is -1.56. The van der Waals surface area contributed by atoms with Gasteiger partial charge in [-0.1, -0.05) is 0 Å². The first-order chi connectivity index (χ1) is 11.2. The van der Waals surface area contributed by atoms with Crippen LogP contribution in [0.2, 0.25) is 5.28 Å². The number of anilines is 1. The van der Waals surface area contributed by atoms with Crippen molar-refractivity contribution in [2.75, 3.05) is 24.5 Å². The highest BCUT2D eigenvalue weighted by Gasteiger charge is 2.32. The molecule has 0 spiro atoms. The molecule has 2 heterocycles. The van der Waals surface area contributed by atoms with Crippen molar-refractivity contribution in [3.8, 4) is 0 Å². The van der Waals surface area contributed by atoms with E-state index >= 15 is 0 Å². The Morgan fingerprint density at radius 2 is 2.00 bits per heavy atom. The summed E-state index contributed by atoms with van der Waals surface area (Å²) in [7, 11) is 0. The van der Waals surface area contributed by atoms with E-state index in [2.05, 4.69) is 21.8 Å². The number of aromatic nitrogens is 2. The van der Waals surface area contributed by atoms with Gasteiger partial charge in [0.15, 0.2) is 0 Å². The molecule has 1 atom stereocenters. The first-order valence-electron chi connectivity index (χ1n) is 8.54. The number of amides is 1. The Morgan fingerprint density at radius 1 is 1.25 bits per heavy atom. The zero-order valence-electron chi connectivity index (χ0n) is 14.8. The van der Waals surface area contributed by atoms with Gasteiger partial charge >= 0.3 is 6.09 Å². The van der Waals surface area contributed by atoms with E-state index in [0.717, 1.165) is 37.3 Å². The normalized spacial score (nSPS) is 21.0. The van der Waals surface area contributed by atoms with E-state index in [1.807, 2.05) is 20.8 Å². The molecule has 0 aromatic carbocycles. The number of fused-ring (bicyclic) bond motifs is 1. The minimum Gasteiger partial charge on any atom is -0.444 e. The first-order valence-corrected chi connectivity index (χ1v) is 8.92. The lowest BCUT2D eigenvalue weighted by Gasteiger charge is -2.41. The average Bonchev–Trinajstić information content (AvgIpc) is 2.92. The smallest absolute Gasteiger partial charge is 0.410 e. The van der Waals surface area contributed by atoms with Crippen LogP contribution in [0.5, 0.6) is 0 Å². The summed E-state index contributed by atoms with van der Waals surface area (Å²) >= 11 is 6.11. The largest absolute Gasteiger partial charge is 0.444 e. The van der Waals surface area contributed by atoms with Gasteiger partial charge in [0.2, 0.25) is 5.28 Å². The molecule has 1 amide bonds. The minimum atomic E-state index is -0.474. The molecule has 132 valence electrons. The Bertz CT molecular complexity index is 644. The SMILES string of the molecule is C[C@H]1CN(C(=O)OC(C)(C)C)CCN1c1nc(Cl)nc2c1CCC2. The van der Waals surface area contributed by atoms with Gasteiger partial charge in [0, 0.05) is 31.2 Å². The van der Waals surface area contributed by atoms with Crippen molar-refractivity contribution in [1.82, 2.24) is 14.9 Å². The van der Waals surface area contributed by atoms with E-state index in [1.165, 1.54) is 5.56 Å². The lowest BCUT2D eigenvalue weighted by Crippen LogP contribution is -2.55. The summed E-state index contributed by atoms with van der Waals surface area (Å²) in [6.07, 6.45) is 2.82. The molecule has 0 saturated carbocycles. The van der Waals surface area contributed by atoms with E-state index in [4.69, 9.17) is 16.3 Å². The fraction of sp³-hybridized carbons (Fsp3) is 0.706. The van der Waals surface area contributed by atoms with Gasteiger partial charge in [-0.2, -0.15) is 0 Å². The van der Waals surface area contributed by atoms with Gasteiger partial charge < -0.3 is 14.5 Å². The number of nitrogens with zero attached hydrogens (tertiary/aromatic N) is 4. The van der Waals surface area contributed by atoms with Gasteiger partial charge in [-0.3, -0.25) is 0 Å². The highest BCUT2D eigenvalue weighted by molar-refractivity contribution is 6.28. The summed E-state index contributed by atoms with van der Waals surface area (Å²) in [5.74, 6) is 0.943. The van der Waals surface area contributed by atoms with Crippen LogP contribution in [-0.4, -0.2) is 52.2 Å². The monoisotopic (exact) mass is 352 g/mol. The predicted molar refractivity (Wildman–Crippen MR) is 93.7 cm³/mol. The fourth-order valence-corrected chi connectivity index (χ4v) is 3.57. The summed E-state index contributed by atoms with van der Waals surface area (Å²) in [4.78, 5) is 25.2. The Morgan fingerprint density at radius 3 is 2.67 bits per heavy atom. The number of carbonyl (C=O) groups excluding carboxylic acids is 1. The number of carbonyl (C=O) groups is 1. The van der Waals surface area contributed by atoms with Crippen LogP contribution in [-0.2, 0) is 17.6 Å².